The summed E-state index contributed by atoms with van der Waals surface area (Å²) in [5.74, 6) is 0. The highest BCUT2D eigenvalue weighted by Crippen LogP contribution is 2.46. The number of aromatic nitrogens is 5. The van der Waals surface area contributed by atoms with Crippen LogP contribution in [0, 0.1) is 22.7 Å². The van der Waals surface area contributed by atoms with Crippen LogP contribution in [0.15, 0.2) is 36.5 Å². The van der Waals surface area contributed by atoms with Gasteiger partial charge < -0.3 is 4.74 Å². The second-order valence-corrected chi connectivity index (χ2v) is 7.74. The van der Waals surface area contributed by atoms with Gasteiger partial charge in [-0.1, -0.05) is 23.4 Å². The van der Waals surface area contributed by atoms with Crippen LogP contribution in [0.2, 0.25) is 0 Å². The summed E-state index contributed by atoms with van der Waals surface area (Å²) < 4.78 is 7.21. The zero-order valence-corrected chi connectivity index (χ0v) is 17.0. The van der Waals surface area contributed by atoms with E-state index in [0.29, 0.717) is 11.4 Å². The van der Waals surface area contributed by atoms with Crippen molar-refractivity contribution in [3.05, 3.63) is 53.6 Å². The van der Waals surface area contributed by atoms with E-state index in [1.165, 1.54) is 0 Å². The van der Waals surface area contributed by atoms with Crippen LogP contribution in [-0.4, -0.2) is 56.2 Å². The van der Waals surface area contributed by atoms with Crippen LogP contribution in [0.1, 0.15) is 17.1 Å². The van der Waals surface area contributed by atoms with Gasteiger partial charge in [0.15, 0.2) is 11.4 Å². The molecule has 1 aliphatic carbocycles. The molecule has 0 amide bonds. The molecule has 2 aromatic carbocycles. The number of fused-ring (bicyclic) bond motifs is 3. The summed E-state index contributed by atoms with van der Waals surface area (Å²) in [6, 6.07) is 13.9. The molecule has 0 bridgehead atoms. The van der Waals surface area contributed by atoms with Crippen molar-refractivity contribution in [3.63, 3.8) is 0 Å². The standard InChI is InChI=1S/C23H16N8O/c24-10-18-19(11-25)27-23-17-4-5-20(15-2-1-3-16(21(15)17)22(23)26-18)31-13-14(28-29-31)12-30-6-8-32-9-7-30/h1-5,13H,6-9,12H2. The zero-order valence-electron chi connectivity index (χ0n) is 17.0. The predicted molar refractivity (Wildman–Crippen MR) is 114 cm³/mol. The van der Waals surface area contributed by atoms with E-state index in [0.717, 1.165) is 66.1 Å². The quantitative estimate of drug-likeness (QED) is 0.437. The molecule has 2 aromatic heterocycles. The second-order valence-electron chi connectivity index (χ2n) is 7.74. The Balaban J connectivity index is 1.45. The minimum absolute atomic E-state index is 0.0420. The van der Waals surface area contributed by atoms with Gasteiger partial charge >= 0.3 is 0 Å². The fourth-order valence-electron chi connectivity index (χ4n) is 4.43. The van der Waals surface area contributed by atoms with Gasteiger partial charge in [-0.2, -0.15) is 10.5 Å². The van der Waals surface area contributed by atoms with Crippen LogP contribution in [-0.2, 0) is 11.3 Å². The van der Waals surface area contributed by atoms with Gasteiger partial charge in [-0.25, -0.2) is 14.6 Å². The zero-order chi connectivity index (χ0) is 21.7. The van der Waals surface area contributed by atoms with E-state index >= 15 is 0 Å². The Hall–Kier alpha value is -4.18. The van der Waals surface area contributed by atoms with Gasteiger partial charge in [0.2, 0.25) is 0 Å². The van der Waals surface area contributed by atoms with Gasteiger partial charge in [0.25, 0.3) is 0 Å². The minimum atomic E-state index is 0.0420. The molecule has 0 spiro atoms. The van der Waals surface area contributed by atoms with E-state index in [1.54, 1.807) is 4.68 Å². The monoisotopic (exact) mass is 420 g/mol. The number of hydrogen-bond acceptors (Lipinski definition) is 8. The number of rotatable bonds is 3. The second kappa shape index (κ2) is 7.20. The third kappa shape index (κ3) is 2.77. The molecule has 0 radical (unpaired) electrons. The average Bonchev–Trinajstić information content (AvgIpc) is 3.43. The molecule has 3 heterocycles. The Kier molecular flexibility index (Phi) is 4.18. The molecular weight excluding hydrogens is 404 g/mol. The Morgan fingerprint density at radius 1 is 0.938 bits per heavy atom. The summed E-state index contributed by atoms with van der Waals surface area (Å²) in [7, 11) is 0. The van der Waals surface area contributed by atoms with Crippen molar-refractivity contribution in [2.24, 2.45) is 0 Å². The van der Waals surface area contributed by atoms with Gasteiger partial charge in [-0.3, -0.25) is 4.90 Å². The third-order valence-electron chi connectivity index (χ3n) is 5.91. The molecule has 154 valence electrons. The summed E-state index contributed by atoms with van der Waals surface area (Å²) in [4.78, 5) is 11.2. The molecule has 9 nitrogen and oxygen atoms in total. The van der Waals surface area contributed by atoms with Crippen molar-refractivity contribution < 1.29 is 4.74 Å². The van der Waals surface area contributed by atoms with E-state index in [9.17, 15) is 10.5 Å². The first-order chi connectivity index (χ1) is 15.8. The van der Waals surface area contributed by atoms with E-state index in [-0.39, 0.29) is 11.4 Å². The molecule has 0 saturated carbocycles. The van der Waals surface area contributed by atoms with Crippen molar-refractivity contribution in [3.8, 4) is 40.3 Å². The summed E-state index contributed by atoms with van der Waals surface area (Å²) in [5, 5.41) is 29.5. The van der Waals surface area contributed by atoms with Crippen LogP contribution >= 0.6 is 0 Å². The van der Waals surface area contributed by atoms with Crippen LogP contribution < -0.4 is 0 Å². The first-order valence-electron chi connectivity index (χ1n) is 10.3. The third-order valence-corrected chi connectivity index (χ3v) is 5.91. The van der Waals surface area contributed by atoms with E-state index in [2.05, 4.69) is 25.2 Å². The topological polar surface area (TPSA) is 117 Å². The lowest BCUT2D eigenvalue weighted by molar-refractivity contribution is 0.0336. The van der Waals surface area contributed by atoms with Gasteiger partial charge in [0.1, 0.15) is 12.1 Å². The highest BCUT2D eigenvalue weighted by atomic mass is 16.5. The highest BCUT2D eigenvalue weighted by Gasteiger charge is 2.27. The average molecular weight is 420 g/mol. The van der Waals surface area contributed by atoms with E-state index in [1.807, 2.05) is 48.7 Å². The molecule has 1 fully saturated rings. The summed E-state index contributed by atoms with van der Waals surface area (Å²) in [6.45, 7) is 4.00. The molecule has 6 rings (SSSR count). The molecule has 2 aliphatic rings. The first-order valence-corrected chi connectivity index (χ1v) is 10.3. The Labute approximate surface area is 183 Å². The van der Waals surface area contributed by atoms with Gasteiger partial charge in [-0.15, -0.1) is 5.10 Å². The molecular formula is C23H16N8O. The van der Waals surface area contributed by atoms with Crippen LogP contribution in [0.25, 0.3) is 39.0 Å². The number of benzene rings is 2. The molecule has 1 saturated heterocycles. The van der Waals surface area contributed by atoms with Gasteiger partial charge in [-0.05, 0) is 12.1 Å². The van der Waals surface area contributed by atoms with Crippen molar-refractivity contribution >= 4 is 10.8 Å². The molecule has 0 atom stereocenters. The Bertz CT molecular complexity index is 1420. The number of nitriles is 2. The predicted octanol–water partition coefficient (Wildman–Crippen LogP) is 2.43. The highest BCUT2D eigenvalue weighted by molar-refractivity contribution is 6.15. The lowest BCUT2D eigenvalue weighted by Gasteiger charge is -2.25. The first kappa shape index (κ1) is 18.6. The maximum Gasteiger partial charge on any atom is 0.177 e. The Morgan fingerprint density at radius 2 is 1.66 bits per heavy atom. The van der Waals surface area contributed by atoms with Crippen LogP contribution in [0.3, 0.4) is 0 Å². The number of nitrogens with zero attached hydrogens (tertiary/aromatic N) is 8. The smallest absolute Gasteiger partial charge is 0.177 e. The maximum absolute atomic E-state index is 9.37. The molecule has 0 N–H and O–H groups in total. The van der Waals surface area contributed by atoms with Crippen molar-refractivity contribution in [1.82, 2.24) is 29.9 Å². The largest absolute Gasteiger partial charge is 0.379 e. The van der Waals surface area contributed by atoms with Gasteiger partial charge in [0.05, 0.1) is 42.2 Å². The molecule has 32 heavy (non-hydrogen) atoms. The lowest BCUT2D eigenvalue weighted by Crippen LogP contribution is -2.35. The maximum atomic E-state index is 9.37. The van der Waals surface area contributed by atoms with E-state index < -0.39 is 0 Å². The van der Waals surface area contributed by atoms with Gasteiger partial charge in [0, 0.05) is 41.5 Å². The summed E-state index contributed by atoms with van der Waals surface area (Å²) >= 11 is 0. The Morgan fingerprint density at radius 3 is 2.38 bits per heavy atom. The molecule has 0 unspecified atom stereocenters. The molecule has 1 aliphatic heterocycles. The number of ether oxygens (including phenoxy) is 1. The van der Waals surface area contributed by atoms with Crippen molar-refractivity contribution in [2.45, 2.75) is 6.54 Å². The summed E-state index contributed by atoms with van der Waals surface area (Å²) in [5.41, 5.74) is 4.95. The number of morpholine rings is 1. The number of hydrogen-bond donors (Lipinski definition) is 0. The van der Waals surface area contributed by atoms with Crippen LogP contribution in [0.4, 0.5) is 0 Å². The normalized spacial score (nSPS) is 14.8. The lowest BCUT2D eigenvalue weighted by atomic mass is 10.0. The minimum Gasteiger partial charge on any atom is -0.379 e. The fourth-order valence-corrected chi connectivity index (χ4v) is 4.43. The molecule has 9 heteroatoms. The summed E-state index contributed by atoms with van der Waals surface area (Å²) in [6.07, 6.45) is 1.96. The van der Waals surface area contributed by atoms with Crippen molar-refractivity contribution in [1.29, 1.82) is 10.5 Å². The van der Waals surface area contributed by atoms with E-state index in [4.69, 9.17) is 4.74 Å². The van der Waals surface area contributed by atoms with Crippen molar-refractivity contribution in [2.75, 3.05) is 26.3 Å². The molecule has 4 aromatic rings. The fraction of sp³-hybridized carbons (Fsp3) is 0.217. The SMILES string of the molecule is N#Cc1nc2c(nc1C#N)-c1ccc(-n3cc(CN4CCOCC4)nn3)c3cccc-2c13. The van der Waals surface area contributed by atoms with Crippen LogP contribution in [0.5, 0.6) is 0 Å².